The number of hydrogen-bond donors (Lipinski definition) is 1. The van der Waals surface area contributed by atoms with Gasteiger partial charge in [-0.25, -0.2) is 0 Å². The summed E-state index contributed by atoms with van der Waals surface area (Å²) in [4.78, 5) is 28.5. The first kappa shape index (κ1) is 17.0. The second-order valence-electron chi connectivity index (χ2n) is 6.83. The molecule has 2 fully saturated rings. The van der Waals surface area contributed by atoms with Crippen molar-refractivity contribution in [1.82, 2.24) is 15.1 Å². The van der Waals surface area contributed by atoms with Crippen molar-refractivity contribution in [2.75, 3.05) is 26.2 Å². The number of hydrogen-bond acceptors (Lipinski definition) is 4. The molecule has 1 aliphatic carbocycles. The van der Waals surface area contributed by atoms with Crippen molar-refractivity contribution >= 4 is 11.8 Å². The van der Waals surface area contributed by atoms with Crippen LogP contribution in [-0.2, 0) is 16.1 Å². The highest BCUT2D eigenvalue weighted by Gasteiger charge is 2.36. The van der Waals surface area contributed by atoms with Gasteiger partial charge in [-0.1, -0.05) is 12.8 Å². The Bertz CT molecular complexity index is 544. The minimum Gasteiger partial charge on any atom is -0.467 e. The van der Waals surface area contributed by atoms with Crippen LogP contribution in [0, 0.1) is 5.92 Å². The van der Waals surface area contributed by atoms with E-state index in [1.54, 1.807) is 13.2 Å². The molecule has 0 radical (unpaired) electrons. The van der Waals surface area contributed by atoms with Crippen LogP contribution >= 0.6 is 0 Å². The molecule has 0 bridgehead atoms. The summed E-state index contributed by atoms with van der Waals surface area (Å²) in [5.74, 6) is 1.41. The van der Waals surface area contributed by atoms with Crippen LogP contribution in [-0.4, -0.2) is 53.8 Å². The maximum Gasteiger partial charge on any atom is 0.238 e. The molecule has 6 heteroatoms. The Morgan fingerprint density at radius 2 is 1.96 bits per heavy atom. The van der Waals surface area contributed by atoms with Gasteiger partial charge in [-0.3, -0.25) is 14.5 Å². The molecule has 24 heavy (non-hydrogen) atoms. The van der Waals surface area contributed by atoms with Gasteiger partial charge in [0, 0.05) is 33.1 Å². The second-order valence-corrected chi connectivity index (χ2v) is 6.83. The van der Waals surface area contributed by atoms with E-state index in [-0.39, 0.29) is 17.9 Å². The number of amides is 2. The third-order valence-corrected chi connectivity index (χ3v) is 5.28. The van der Waals surface area contributed by atoms with Gasteiger partial charge in [0.05, 0.1) is 18.8 Å². The van der Waals surface area contributed by atoms with Crippen LogP contribution in [0.2, 0.25) is 0 Å². The number of nitrogens with zero attached hydrogens (tertiary/aromatic N) is 2. The lowest BCUT2D eigenvalue weighted by molar-refractivity contribution is -0.133. The molecule has 1 aromatic rings. The molecule has 2 amide bonds. The third-order valence-electron chi connectivity index (χ3n) is 5.28. The summed E-state index contributed by atoms with van der Waals surface area (Å²) in [6.45, 7) is 5.01. The van der Waals surface area contributed by atoms with E-state index in [0.717, 1.165) is 31.7 Å². The smallest absolute Gasteiger partial charge is 0.238 e. The fourth-order valence-electron chi connectivity index (χ4n) is 3.96. The van der Waals surface area contributed by atoms with E-state index in [2.05, 4.69) is 10.2 Å². The first-order chi connectivity index (χ1) is 11.6. The van der Waals surface area contributed by atoms with Crippen LogP contribution in [0.5, 0.6) is 0 Å². The van der Waals surface area contributed by atoms with Gasteiger partial charge in [0.25, 0.3) is 0 Å². The topological polar surface area (TPSA) is 65.8 Å². The molecular formula is C18H27N3O3. The number of piperazine rings is 1. The van der Waals surface area contributed by atoms with Crippen LogP contribution < -0.4 is 5.32 Å². The van der Waals surface area contributed by atoms with Crippen molar-refractivity contribution in [2.45, 2.75) is 45.2 Å². The van der Waals surface area contributed by atoms with E-state index in [1.165, 1.54) is 12.8 Å². The lowest BCUT2D eigenvalue weighted by Crippen LogP contribution is -2.57. The molecule has 3 rings (SSSR count). The zero-order valence-electron chi connectivity index (χ0n) is 14.4. The SMILES string of the molecule is CC(=O)N1CCN(C(C(=O)NCc2ccco2)C2CCCC2)CC1. The van der Waals surface area contributed by atoms with Gasteiger partial charge < -0.3 is 14.6 Å². The Morgan fingerprint density at radius 3 is 2.54 bits per heavy atom. The number of furan rings is 1. The van der Waals surface area contributed by atoms with Crippen LogP contribution in [0.25, 0.3) is 0 Å². The first-order valence-electron chi connectivity index (χ1n) is 8.95. The zero-order chi connectivity index (χ0) is 16.9. The monoisotopic (exact) mass is 333 g/mol. The lowest BCUT2D eigenvalue weighted by atomic mass is 9.95. The van der Waals surface area contributed by atoms with Gasteiger partial charge in [0.1, 0.15) is 5.76 Å². The van der Waals surface area contributed by atoms with Crippen molar-refractivity contribution in [1.29, 1.82) is 0 Å². The Labute approximate surface area is 143 Å². The molecule has 6 nitrogen and oxygen atoms in total. The van der Waals surface area contributed by atoms with E-state index in [9.17, 15) is 9.59 Å². The van der Waals surface area contributed by atoms with Crippen LogP contribution in [0.15, 0.2) is 22.8 Å². The number of carbonyl (C=O) groups is 2. The minimum absolute atomic E-state index is 0.0865. The molecule has 1 aliphatic heterocycles. The third kappa shape index (κ3) is 3.98. The number of rotatable bonds is 5. The average Bonchev–Trinajstić information content (AvgIpc) is 3.27. The van der Waals surface area contributed by atoms with Crippen molar-refractivity contribution in [3.05, 3.63) is 24.2 Å². The van der Waals surface area contributed by atoms with Crippen molar-refractivity contribution in [3.8, 4) is 0 Å². The standard InChI is InChI=1S/C18H27N3O3/c1-14(22)20-8-10-21(11-9-20)17(15-5-2-3-6-15)18(23)19-13-16-7-4-12-24-16/h4,7,12,15,17H,2-3,5-6,8-11,13H2,1H3,(H,19,23). The maximum absolute atomic E-state index is 12.9. The van der Waals surface area contributed by atoms with E-state index in [0.29, 0.717) is 25.6 Å². The molecule has 2 heterocycles. The normalized spacial score (nSPS) is 21.0. The summed E-state index contributed by atoms with van der Waals surface area (Å²) in [6, 6.07) is 3.62. The second kappa shape index (κ2) is 7.83. The van der Waals surface area contributed by atoms with Crippen molar-refractivity contribution < 1.29 is 14.0 Å². The summed E-state index contributed by atoms with van der Waals surface area (Å²) >= 11 is 0. The van der Waals surface area contributed by atoms with Gasteiger partial charge in [0.15, 0.2) is 0 Å². The van der Waals surface area contributed by atoms with E-state index >= 15 is 0 Å². The van der Waals surface area contributed by atoms with Gasteiger partial charge >= 0.3 is 0 Å². The Kier molecular flexibility index (Phi) is 5.56. The summed E-state index contributed by atoms with van der Waals surface area (Å²) in [5.41, 5.74) is 0. The Hall–Kier alpha value is -1.82. The summed E-state index contributed by atoms with van der Waals surface area (Å²) < 4.78 is 5.30. The molecule has 1 saturated carbocycles. The van der Waals surface area contributed by atoms with Crippen LogP contribution in [0.3, 0.4) is 0 Å². The van der Waals surface area contributed by atoms with Gasteiger partial charge in [-0.05, 0) is 30.9 Å². The zero-order valence-corrected chi connectivity index (χ0v) is 14.4. The molecule has 1 aromatic heterocycles. The number of nitrogens with one attached hydrogen (secondary N) is 1. The average molecular weight is 333 g/mol. The van der Waals surface area contributed by atoms with Crippen LogP contribution in [0.1, 0.15) is 38.4 Å². The molecule has 1 N–H and O–H groups in total. The minimum atomic E-state index is -0.0865. The summed E-state index contributed by atoms with van der Waals surface area (Å²) in [7, 11) is 0. The Morgan fingerprint density at radius 1 is 1.25 bits per heavy atom. The van der Waals surface area contributed by atoms with Crippen molar-refractivity contribution in [2.24, 2.45) is 5.92 Å². The van der Waals surface area contributed by atoms with E-state index in [4.69, 9.17) is 4.42 Å². The summed E-state index contributed by atoms with van der Waals surface area (Å²) in [6.07, 6.45) is 6.27. The van der Waals surface area contributed by atoms with Gasteiger partial charge in [-0.15, -0.1) is 0 Å². The molecule has 2 aliphatic rings. The molecule has 0 spiro atoms. The molecule has 0 aromatic carbocycles. The molecule has 1 saturated heterocycles. The summed E-state index contributed by atoms with van der Waals surface area (Å²) in [5, 5.41) is 3.04. The predicted octanol–water partition coefficient (Wildman–Crippen LogP) is 1.62. The fraction of sp³-hybridized carbons (Fsp3) is 0.667. The first-order valence-corrected chi connectivity index (χ1v) is 8.95. The largest absolute Gasteiger partial charge is 0.467 e. The maximum atomic E-state index is 12.9. The fourth-order valence-corrected chi connectivity index (χ4v) is 3.96. The molecule has 1 unspecified atom stereocenters. The lowest BCUT2D eigenvalue weighted by Gasteiger charge is -2.40. The number of carbonyl (C=O) groups excluding carboxylic acids is 2. The predicted molar refractivity (Wildman–Crippen MR) is 90.1 cm³/mol. The highest BCUT2D eigenvalue weighted by molar-refractivity contribution is 5.82. The highest BCUT2D eigenvalue weighted by atomic mass is 16.3. The quantitative estimate of drug-likeness (QED) is 0.889. The highest BCUT2D eigenvalue weighted by Crippen LogP contribution is 2.31. The Balaban J connectivity index is 1.62. The van der Waals surface area contributed by atoms with Crippen molar-refractivity contribution in [3.63, 3.8) is 0 Å². The van der Waals surface area contributed by atoms with Crippen LogP contribution in [0.4, 0.5) is 0 Å². The molecular weight excluding hydrogens is 306 g/mol. The van der Waals surface area contributed by atoms with E-state index in [1.807, 2.05) is 17.0 Å². The van der Waals surface area contributed by atoms with Gasteiger partial charge in [0.2, 0.25) is 11.8 Å². The molecule has 132 valence electrons. The van der Waals surface area contributed by atoms with E-state index < -0.39 is 0 Å². The van der Waals surface area contributed by atoms with Gasteiger partial charge in [-0.2, -0.15) is 0 Å². The molecule has 1 atom stereocenters.